The van der Waals surface area contributed by atoms with Crippen molar-refractivity contribution in [3.8, 4) is 56.4 Å². The van der Waals surface area contributed by atoms with Gasteiger partial charge in [0.15, 0.2) is 0 Å². The molecule has 0 N–H and O–H groups in total. The van der Waals surface area contributed by atoms with E-state index < -0.39 is 0 Å². The van der Waals surface area contributed by atoms with Gasteiger partial charge >= 0.3 is 329 Å². The molecule has 0 atom stereocenters. The average molecular weight is 1060 g/mol. The van der Waals surface area contributed by atoms with Gasteiger partial charge in [-0.2, -0.15) is 12.1 Å². The van der Waals surface area contributed by atoms with Crippen molar-refractivity contribution in [1.82, 2.24) is 14.1 Å². The van der Waals surface area contributed by atoms with Crippen LogP contribution in [0.25, 0.3) is 55.8 Å². The first-order valence-electron chi connectivity index (χ1n) is 23.8. The molecule has 0 spiro atoms. The van der Waals surface area contributed by atoms with Crippen LogP contribution in [0.1, 0.15) is 4.11 Å². The van der Waals surface area contributed by atoms with Gasteiger partial charge in [0.05, 0.1) is 0 Å². The molecule has 8 heteroatoms. The Morgan fingerprint density at radius 2 is 1.16 bits per heavy atom. The fourth-order valence-corrected chi connectivity index (χ4v) is 10.3. The zero-order chi connectivity index (χ0) is 48.0. The molecule has 1 aliphatic rings. The number of benzene rings is 9. The molecule has 11 aromatic rings. The van der Waals surface area contributed by atoms with Crippen LogP contribution >= 0.6 is 0 Å². The predicted molar refractivity (Wildman–Crippen MR) is 273 cm³/mol. The van der Waals surface area contributed by atoms with Gasteiger partial charge in [-0.25, -0.2) is 0 Å². The van der Waals surface area contributed by atoms with Crippen LogP contribution in [0.2, 0.25) is 0 Å². The van der Waals surface area contributed by atoms with E-state index in [1.165, 1.54) is 0 Å². The van der Waals surface area contributed by atoms with Crippen LogP contribution in [0.4, 0.5) is 22.9 Å². The third-order valence-corrected chi connectivity index (χ3v) is 13.3. The molecule has 326 valence electrons. The summed E-state index contributed by atoms with van der Waals surface area (Å²) in [6.07, 6.45) is 0. The number of fused-ring (bicyclic) bond motifs is 2. The van der Waals surface area contributed by atoms with Crippen molar-refractivity contribution >= 4 is 46.4 Å². The van der Waals surface area contributed by atoms with E-state index in [0.717, 1.165) is 76.4 Å². The summed E-state index contributed by atoms with van der Waals surface area (Å²) < 4.78 is 39.3. The van der Waals surface area contributed by atoms with E-state index in [0.29, 0.717) is 5.82 Å². The predicted octanol–water partition coefficient (Wildman–Crippen LogP) is 14.0. The zero-order valence-electron chi connectivity index (χ0n) is 39.4. The fraction of sp³-hybridized carbons (Fsp3) is 0. The van der Waals surface area contributed by atoms with Gasteiger partial charge in [0.1, 0.15) is 0 Å². The second-order valence-corrected chi connectivity index (χ2v) is 17.3. The van der Waals surface area contributed by atoms with Gasteiger partial charge in [0, 0.05) is 5.69 Å². The van der Waals surface area contributed by atoms with Crippen LogP contribution in [0.3, 0.4) is 0 Å². The van der Waals surface area contributed by atoms with Crippen LogP contribution in [0, 0.1) is 15.9 Å². The van der Waals surface area contributed by atoms with Gasteiger partial charge < -0.3 is 0 Å². The van der Waals surface area contributed by atoms with E-state index in [2.05, 4.69) is 173 Å². The number of ether oxygens (including phenoxy) is 1. The van der Waals surface area contributed by atoms with Gasteiger partial charge in [0.2, 0.25) is 0 Å². The molecule has 0 amide bonds. The Bertz CT molecular complexity index is 3840. The standard InChI is InChI=1S/C60H40BN5O.Pt/c1-5-21-44(22-6-1)46-25-17-26-47(41-46)53-34-19-33-52(45-23-7-2-8-24-45)60(53)64-43-63(54-35-13-14-36-55(54)64)50-31-18-32-51(42-50)67-59-40-20-39-58(62-59)66-57-38-16-15-37-56(57)65(49-29-11-4-12-30-49)61(66)48-27-9-3-10-28-48;/h1-37,39-41H;/q-2;/i18D,31D,32D;. The molecule has 1 aliphatic heterocycles. The Kier molecular flexibility index (Phi) is 9.96. The van der Waals surface area contributed by atoms with Crippen LogP contribution in [0.15, 0.2) is 243 Å². The summed E-state index contributed by atoms with van der Waals surface area (Å²) in [5.41, 5.74) is 13.1. The van der Waals surface area contributed by atoms with Crippen molar-refractivity contribution in [2.45, 2.75) is 0 Å². The summed E-state index contributed by atoms with van der Waals surface area (Å²) in [6, 6.07) is 82.1. The van der Waals surface area contributed by atoms with Crippen LogP contribution in [-0.4, -0.2) is 21.1 Å². The SMILES string of the molecule is [2H]c1c(Oc2cccc(N3B(c4ccccc4)N(c4ccccc4)c4ccc[c-]c43)n2)[c-]c(-n2[c](=[Pt])n(-c3c(-c4ccccc4)cccc3-c3cccc(-c4ccccc4)c3)c3ccccc32)c([2H])c1[2H]. The van der Waals surface area contributed by atoms with Crippen molar-refractivity contribution in [2.24, 2.45) is 0 Å². The molecule has 12 rings (SSSR count). The van der Waals surface area contributed by atoms with Gasteiger partial charge in [-0.1, -0.05) is 48.5 Å². The van der Waals surface area contributed by atoms with Crippen molar-refractivity contribution < 1.29 is 28.2 Å². The van der Waals surface area contributed by atoms with Crippen molar-refractivity contribution in [2.75, 3.05) is 9.62 Å². The van der Waals surface area contributed by atoms with Crippen molar-refractivity contribution in [1.29, 1.82) is 0 Å². The van der Waals surface area contributed by atoms with Gasteiger partial charge in [-0.05, 0) is 12.1 Å². The zero-order valence-corrected chi connectivity index (χ0v) is 38.7. The van der Waals surface area contributed by atoms with E-state index in [1.54, 1.807) is 6.07 Å². The third kappa shape index (κ3) is 7.47. The van der Waals surface area contributed by atoms with E-state index in [1.807, 2.05) is 95.6 Å². The van der Waals surface area contributed by atoms with Crippen LogP contribution < -0.4 is 19.8 Å². The summed E-state index contributed by atoms with van der Waals surface area (Å²) in [5.74, 6) is 0.787. The van der Waals surface area contributed by atoms with E-state index in [4.69, 9.17) is 9.72 Å². The summed E-state index contributed by atoms with van der Waals surface area (Å²) in [6.45, 7) is -0.321. The first-order valence-corrected chi connectivity index (χ1v) is 23.5. The number of imidazole rings is 1. The molecule has 0 unspecified atom stereocenters. The Labute approximate surface area is 411 Å². The number of anilines is 4. The number of aromatic nitrogens is 3. The number of para-hydroxylation sites is 5. The Morgan fingerprint density at radius 1 is 0.544 bits per heavy atom. The van der Waals surface area contributed by atoms with Crippen LogP contribution in [-0.2, 0) is 19.4 Å². The summed E-state index contributed by atoms with van der Waals surface area (Å²) in [4.78, 5) is 9.53. The van der Waals surface area contributed by atoms with E-state index in [-0.39, 0.29) is 42.4 Å². The van der Waals surface area contributed by atoms with E-state index in [9.17, 15) is 4.11 Å². The summed E-state index contributed by atoms with van der Waals surface area (Å²) in [5, 5.41) is 0. The van der Waals surface area contributed by atoms with Crippen molar-refractivity contribution in [3.63, 3.8) is 0 Å². The molecule has 0 saturated heterocycles. The average Bonchev–Trinajstić information content (AvgIpc) is 3.93. The fourth-order valence-electron chi connectivity index (χ4n) is 9.29. The first-order chi connectivity index (χ1) is 34.9. The minimum atomic E-state index is -0.321. The van der Waals surface area contributed by atoms with Crippen LogP contribution in [0.5, 0.6) is 11.6 Å². The number of hydrogen-bond acceptors (Lipinski definition) is 4. The molecule has 2 aromatic heterocycles. The second-order valence-electron chi connectivity index (χ2n) is 16.3. The molecular formula is C60H40BN5OPt-2. The van der Waals surface area contributed by atoms with Gasteiger partial charge in [-0.3, -0.25) is 0 Å². The van der Waals surface area contributed by atoms with Gasteiger partial charge in [0.25, 0.3) is 0 Å². The minimum absolute atomic E-state index is 0.0203. The molecule has 9 aromatic carbocycles. The number of hydrogen-bond donors (Lipinski definition) is 0. The first kappa shape index (κ1) is 37.9. The maximum atomic E-state index is 9.45. The Morgan fingerprint density at radius 3 is 1.93 bits per heavy atom. The summed E-state index contributed by atoms with van der Waals surface area (Å²) >= 11 is 2.32. The topological polar surface area (TPSA) is 38.5 Å². The van der Waals surface area contributed by atoms with Crippen molar-refractivity contribution in [3.05, 3.63) is 259 Å². The number of rotatable bonds is 10. The van der Waals surface area contributed by atoms with E-state index >= 15 is 0 Å². The molecule has 3 heterocycles. The molecule has 0 saturated carbocycles. The Balaban J connectivity index is 0.995. The quantitative estimate of drug-likeness (QED) is 0.101. The molecule has 0 radical (unpaired) electrons. The molecule has 0 bridgehead atoms. The number of nitrogens with zero attached hydrogens (tertiary/aromatic N) is 5. The summed E-state index contributed by atoms with van der Waals surface area (Å²) in [7, 11) is 0. The molecule has 68 heavy (non-hydrogen) atoms. The second kappa shape index (κ2) is 17.9. The molecular weight excluding hydrogens is 1010 g/mol. The number of pyridine rings is 1. The normalized spacial score (nSPS) is 12.7. The Hall–Kier alpha value is -8.25. The monoisotopic (exact) mass is 1060 g/mol. The maximum absolute atomic E-state index is 9.45. The molecule has 0 aliphatic carbocycles. The molecule has 0 fully saturated rings. The van der Waals surface area contributed by atoms with Gasteiger partial charge in [-0.15, -0.1) is 6.07 Å². The third-order valence-electron chi connectivity index (χ3n) is 12.2. The molecule has 6 nitrogen and oxygen atoms in total.